The number of carbonyl (C=O) groups is 1. The van der Waals surface area contributed by atoms with E-state index in [0.717, 1.165) is 0 Å². The normalized spacial score (nSPS) is 10.3. The summed E-state index contributed by atoms with van der Waals surface area (Å²) in [6, 6.07) is 10.3. The molecule has 0 aliphatic carbocycles. The van der Waals surface area contributed by atoms with Crippen molar-refractivity contribution in [3.63, 3.8) is 0 Å². The maximum absolute atomic E-state index is 12.2. The van der Waals surface area contributed by atoms with Crippen LogP contribution in [0.15, 0.2) is 47.5 Å². The van der Waals surface area contributed by atoms with Gasteiger partial charge in [0.15, 0.2) is 5.82 Å². The fourth-order valence-corrected chi connectivity index (χ4v) is 2.34. The number of hydrogen-bond donors (Lipinski definition) is 2. The number of benzene rings is 1. The molecule has 0 spiro atoms. The molecule has 1 aromatic carbocycles. The molecule has 0 amide bonds. The Kier molecular flexibility index (Phi) is 3.72. The van der Waals surface area contributed by atoms with E-state index in [-0.39, 0.29) is 11.1 Å². The molecule has 0 aliphatic rings. The molecular weight excluding hydrogens is 308 g/mol. The molecule has 7 nitrogen and oxygen atoms in total. The third kappa shape index (κ3) is 2.68. The maximum Gasteiger partial charge on any atom is 0.337 e. The highest BCUT2D eigenvalue weighted by molar-refractivity contribution is 5.89. The van der Waals surface area contributed by atoms with Gasteiger partial charge in [-0.15, -0.1) is 0 Å². The van der Waals surface area contributed by atoms with Gasteiger partial charge in [0.2, 0.25) is 0 Å². The smallest absolute Gasteiger partial charge is 0.337 e. The second-order valence-electron chi connectivity index (χ2n) is 5.21. The molecule has 118 valence electrons. The number of aromatic nitrogens is 3. The SMILES string of the molecule is Cc1cc(-n2cc(-c3ccc(C#N)cc3)c(=O)[nH]2)ncc1C(=O)O. The number of rotatable bonds is 3. The van der Waals surface area contributed by atoms with Crippen LogP contribution in [0.2, 0.25) is 0 Å². The highest BCUT2D eigenvalue weighted by atomic mass is 16.4. The van der Waals surface area contributed by atoms with Crippen LogP contribution >= 0.6 is 0 Å². The van der Waals surface area contributed by atoms with Gasteiger partial charge in [0.1, 0.15) is 0 Å². The maximum atomic E-state index is 12.2. The third-order valence-corrected chi connectivity index (χ3v) is 3.62. The Labute approximate surface area is 136 Å². The van der Waals surface area contributed by atoms with Gasteiger partial charge >= 0.3 is 5.97 Å². The Bertz CT molecular complexity index is 1020. The van der Waals surface area contributed by atoms with Crippen molar-refractivity contribution in [3.05, 3.63) is 69.8 Å². The van der Waals surface area contributed by atoms with E-state index in [1.807, 2.05) is 6.07 Å². The first-order chi connectivity index (χ1) is 11.5. The van der Waals surface area contributed by atoms with Crippen molar-refractivity contribution in [3.8, 4) is 23.0 Å². The monoisotopic (exact) mass is 320 g/mol. The zero-order valence-electron chi connectivity index (χ0n) is 12.6. The van der Waals surface area contributed by atoms with Gasteiger partial charge in [-0.1, -0.05) is 12.1 Å². The Morgan fingerprint density at radius 3 is 2.62 bits per heavy atom. The molecule has 3 rings (SSSR count). The van der Waals surface area contributed by atoms with Crippen molar-refractivity contribution < 1.29 is 9.90 Å². The van der Waals surface area contributed by atoms with Crippen molar-refractivity contribution in [1.82, 2.24) is 14.8 Å². The molecule has 0 radical (unpaired) electrons. The number of carboxylic acid groups (broad SMARTS) is 1. The molecule has 2 heterocycles. The van der Waals surface area contributed by atoms with E-state index in [4.69, 9.17) is 10.4 Å². The lowest BCUT2D eigenvalue weighted by molar-refractivity contribution is 0.0695. The number of aromatic amines is 1. The fourth-order valence-electron chi connectivity index (χ4n) is 2.34. The standard InChI is InChI=1S/C17H12N4O3/c1-10-6-15(19-8-13(10)17(23)24)21-9-14(16(22)20-21)12-4-2-11(7-18)3-5-12/h2-6,8-9H,1H3,(H,20,22)(H,23,24). The van der Waals surface area contributed by atoms with Gasteiger partial charge in [-0.05, 0) is 36.2 Å². The summed E-state index contributed by atoms with van der Waals surface area (Å²) < 4.78 is 1.44. The average molecular weight is 320 g/mol. The average Bonchev–Trinajstić information content (AvgIpc) is 2.96. The highest BCUT2D eigenvalue weighted by Crippen LogP contribution is 2.18. The summed E-state index contributed by atoms with van der Waals surface area (Å²) in [7, 11) is 0. The molecule has 0 bridgehead atoms. The lowest BCUT2D eigenvalue weighted by Gasteiger charge is -2.04. The molecule has 2 N–H and O–H groups in total. The van der Waals surface area contributed by atoms with Crippen molar-refractivity contribution >= 4 is 5.97 Å². The largest absolute Gasteiger partial charge is 0.478 e. The van der Waals surface area contributed by atoms with Gasteiger partial charge in [-0.3, -0.25) is 9.89 Å². The predicted molar refractivity (Wildman–Crippen MR) is 86.0 cm³/mol. The number of aromatic carboxylic acids is 1. The van der Waals surface area contributed by atoms with Crippen LogP contribution in [0.25, 0.3) is 16.9 Å². The summed E-state index contributed by atoms with van der Waals surface area (Å²) in [5, 5.41) is 20.5. The summed E-state index contributed by atoms with van der Waals surface area (Å²) in [5.41, 5.74) is 1.97. The zero-order valence-corrected chi connectivity index (χ0v) is 12.6. The fraction of sp³-hybridized carbons (Fsp3) is 0.0588. The van der Waals surface area contributed by atoms with Gasteiger partial charge in [0.25, 0.3) is 5.56 Å². The summed E-state index contributed by atoms with van der Waals surface area (Å²) in [4.78, 5) is 27.3. The Balaban J connectivity index is 2.02. The number of hydrogen-bond acceptors (Lipinski definition) is 4. The Morgan fingerprint density at radius 1 is 1.33 bits per heavy atom. The van der Waals surface area contributed by atoms with Crippen LogP contribution in [0.5, 0.6) is 0 Å². The van der Waals surface area contributed by atoms with E-state index in [2.05, 4.69) is 10.1 Å². The Hall–Kier alpha value is -3.66. The van der Waals surface area contributed by atoms with E-state index in [1.165, 1.54) is 10.9 Å². The van der Waals surface area contributed by atoms with E-state index in [0.29, 0.717) is 28.1 Å². The van der Waals surface area contributed by atoms with Crippen LogP contribution in [0, 0.1) is 18.3 Å². The molecule has 7 heteroatoms. The molecule has 0 saturated heterocycles. The van der Waals surface area contributed by atoms with Gasteiger partial charge in [-0.2, -0.15) is 5.26 Å². The van der Waals surface area contributed by atoms with Crippen LogP contribution in [-0.4, -0.2) is 25.8 Å². The van der Waals surface area contributed by atoms with Crippen molar-refractivity contribution in [1.29, 1.82) is 5.26 Å². The zero-order chi connectivity index (χ0) is 17.3. The van der Waals surface area contributed by atoms with Crippen molar-refractivity contribution in [2.45, 2.75) is 6.92 Å². The summed E-state index contributed by atoms with van der Waals surface area (Å²) in [6.07, 6.45) is 2.85. The second-order valence-corrected chi connectivity index (χ2v) is 5.21. The minimum Gasteiger partial charge on any atom is -0.478 e. The van der Waals surface area contributed by atoms with Gasteiger partial charge < -0.3 is 5.11 Å². The van der Waals surface area contributed by atoms with E-state index >= 15 is 0 Å². The first kappa shape index (κ1) is 15.2. The molecule has 24 heavy (non-hydrogen) atoms. The molecule has 0 fully saturated rings. The number of pyridine rings is 1. The molecule has 0 atom stereocenters. The number of aryl methyl sites for hydroxylation is 1. The number of nitrogens with one attached hydrogen (secondary N) is 1. The quantitative estimate of drug-likeness (QED) is 0.767. The second kappa shape index (κ2) is 5.85. The lowest BCUT2D eigenvalue weighted by Crippen LogP contribution is -2.08. The molecular formula is C17H12N4O3. The molecule has 0 unspecified atom stereocenters. The van der Waals surface area contributed by atoms with Gasteiger partial charge in [0, 0.05) is 12.4 Å². The summed E-state index contributed by atoms with van der Waals surface area (Å²) in [5.74, 6) is -0.639. The van der Waals surface area contributed by atoms with Crippen LogP contribution in [0.1, 0.15) is 21.5 Å². The van der Waals surface area contributed by atoms with Crippen LogP contribution in [0.3, 0.4) is 0 Å². The first-order valence-corrected chi connectivity index (χ1v) is 7.02. The number of carboxylic acids is 1. The van der Waals surface area contributed by atoms with E-state index < -0.39 is 5.97 Å². The summed E-state index contributed by atoms with van der Waals surface area (Å²) >= 11 is 0. The topological polar surface area (TPSA) is 112 Å². The predicted octanol–water partition coefficient (Wildman–Crippen LogP) is 2.11. The molecule has 0 aliphatic heterocycles. The van der Waals surface area contributed by atoms with Gasteiger partial charge in [0.05, 0.1) is 22.8 Å². The van der Waals surface area contributed by atoms with Crippen LogP contribution in [-0.2, 0) is 0 Å². The summed E-state index contributed by atoms with van der Waals surface area (Å²) in [6.45, 7) is 1.66. The minimum absolute atomic E-state index is 0.112. The minimum atomic E-state index is -1.05. The number of nitrogens with zero attached hydrogens (tertiary/aromatic N) is 3. The van der Waals surface area contributed by atoms with Crippen LogP contribution in [0.4, 0.5) is 0 Å². The number of H-pyrrole nitrogens is 1. The number of nitriles is 1. The third-order valence-electron chi connectivity index (χ3n) is 3.62. The lowest BCUT2D eigenvalue weighted by atomic mass is 10.1. The molecule has 2 aromatic heterocycles. The van der Waals surface area contributed by atoms with Gasteiger partial charge in [-0.25, -0.2) is 14.5 Å². The highest BCUT2D eigenvalue weighted by Gasteiger charge is 2.12. The molecule has 3 aromatic rings. The Morgan fingerprint density at radius 2 is 2.04 bits per heavy atom. The van der Waals surface area contributed by atoms with E-state index in [9.17, 15) is 9.59 Å². The molecule has 0 saturated carbocycles. The van der Waals surface area contributed by atoms with Crippen molar-refractivity contribution in [2.75, 3.05) is 0 Å². The first-order valence-electron chi connectivity index (χ1n) is 7.02. The van der Waals surface area contributed by atoms with E-state index in [1.54, 1.807) is 43.5 Å². The van der Waals surface area contributed by atoms with Crippen LogP contribution < -0.4 is 5.56 Å². The van der Waals surface area contributed by atoms with Crippen molar-refractivity contribution in [2.24, 2.45) is 0 Å².